The van der Waals surface area contributed by atoms with Gasteiger partial charge in [-0.25, -0.2) is 8.42 Å². The van der Waals surface area contributed by atoms with E-state index in [1.807, 2.05) is 29.7 Å². The second kappa shape index (κ2) is 7.84. The molecule has 1 aromatic carbocycles. The van der Waals surface area contributed by atoms with Crippen molar-refractivity contribution in [2.45, 2.75) is 38.2 Å². The number of benzene rings is 1. The maximum Gasteiger partial charge on any atom is 0.268 e. The number of sulfone groups is 1. The van der Waals surface area contributed by atoms with Crippen LogP contribution in [0, 0.1) is 6.92 Å². The van der Waals surface area contributed by atoms with E-state index in [0.717, 1.165) is 29.7 Å². The van der Waals surface area contributed by atoms with Crippen molar-refractivity contribution in [3.05, 3.63) is 41.1 Å². The molecule has 1 fully saturated rings. The number of carbonyl (C=O) groups is 1. The molecular formula is C21H26N2O5S. The summed E-state index contributed by atoms with van der Waals surface area (Å²) in [7, 11) is -3.17. The van der Waals surface area contributed by atoms with Crippen LogP contribution < -0.4 is 10.1 Å². The first-order chi connectivity index (χ1) is 13.8. The van der Waals surface area contributed by atoms with Crippen molar-refractivity contribution in [1.82, 2.24) is 9.88 Å². The van der Waals surface area contributed by atoms with Gasteiger partial charge in [0.2, 0.25) is 0 Å². The zero-order valence-corrected chi connectivity index (χ0v) is 17.5. The highest BCUT2D eigenvalue weighted by molar-refractivity contribution is 7.89. The standard InChI is InChI=1S/C21H26N2O5S/c1-14-11-18(23-8-7-22-21(24)20(14)23)17-12-15(13-29(2,25)26)3-4-19(17)28-16-5-9-27-10-6-16/h3-4,11-12,16H,5-10,13H2,1-2H3,(H,22,24). The molecular weight excluding hydrogens is 392 g/mol. The first-order valence-electron chi connectivity index (χ1n) is 9.85. The van der Waals surface area contributed by atoms with Crippen LogP contribution in [-0.2, 0) is 26.9 Å². The number of nitrogens with zero attached hydrogens (tertiary/aromatic N) is 1. The topological polar surface area (TPSA) is 86.6 Å². The molecule has 1 amide bonds. The van der Waals surface area contributed by atoms with Gasteiger partial charge in [-0.1, -0.05) is 6.07 Å². The van der Waals surface area contributed by atoms with E-state index in [1.165, 1.54) is 6.26 Å². The van der Waals surface area contributed by atoms with Crippen LogP contribution in [0.1, 0.15) is 34.5 Å². The summed E-state index contributed by atoms with van der Waals surface area (Å²) in [6, 6.07) is 7.52. The lowest BCUT2D eigenvalue weighted by molar-refractivity contribution is 0.0258. The number of aryl methyl sites for hydroxylation is 1. The number of hydrogen-bond acceptors (Lipinski definition) is 5. The third kappa shape index (κ3) is 4.33. The minimum atomic E-state index is -3.17. The highest BCUT2D eigenvalue weighted by atomic mass is 32.2. The molecule has 3 heterocycles. The van der Waals surface area contributed by atoms with Crippen molar-refractivity contribution >= 4 is 15.7 Å². The van der Waals surface area contributed by atoms with Gasteiger partial charge in [0, 0.05) is 37.8 Å². The van der Waals surface area contributed by atoms with E-state index < -0.39 is 9.84 Å². The predicted molar refractivity (Wildman–Crippen MR) is 110 cm³/mol. The molecule has 0 unspecified atom stereocenters. The van der Waals surface area contributed by atoms with Crippen LogP contribution in [0.5, 0.6) is 5.75 Å². The molecule has 1 aromatic heterocycles. The summed E-state index contributed by atoms with van der Waals surface area (Å²) in [6.07, 6.45) is 2.92. The maximum absolute atomic E-state index is 12.4. The Kier molecular flexibility index (Phi) is 5.40. The Hall–Kier alpha value is -2.32. The van der Waals surface area contributed by atoms with Crippen LogP contribution in [-0.4, -0.2) is 51.0 Å². The third-order valence-electron chi connectivity index (χ3n) is 5.33. The van der Waals surface area contributed by atoms with Crippen LogP contribution in [0.25, 0.3) is 11.3 Å². The quantitative estimate of drug-likeness (QED) is 0.805. The number of fused-ring (bicyclic) bond motifs is 1. The summed E-state index contributed by atoms with van der Waals surface area (Å²) in [6.45, 7) is 4.49. The second-order valence-electron chi connectivity index (χ2n) is 7.80. The van der Waals surface area contributed by atoms with E-state index in [4.69, 9.17) is 9.47 Å². The molecule has 156 valence electrons. The molecule has 2 aromatic rings. The van der Waals surface area contributed by atoms with E-state index in [1.54, 1.807) is 6.07 Å². The number of ether oxygens (including phenoxy) is 2. The lowest BCUT2D eigenvalue weighted by Crippen LogP contribution is -2.35. The third-order valence-corrected chi connectivity index (χ3v) is 6.19. The van der Waals surface area contributed by atoms with Gasteiger partial charge in [0.25, 0.3) is 5.91 Å². The fraction of sp³-hybridized carbons (Fsp3) is 0.476. The second-order valence-corrected chi connectivity index (χ2v) is 9.94. The molecule has 0 aliphatic carbocycles. The summed E-state index contributed by atoms with van der Waals surface area (Å²) in [4.78, 5) is 12.4. The zero-order chi connectivity index (χ0) is 20.6. The number of aromatic nitrogens is 1. The number of hydrogen-bond donors (Lipinski definition) is 1. The summed E-state index contributed by atoms with van der Waals surface area (Å²) in [5.74, 6) is 0.588. The van der Waals surface area contributed by atoms with E-state index in [-0.39, 0.29) is 17.8 Å². The molecule has 0 radical (unpaired) electrons. The van der Waals surface area contributed by atoms with E-state index in [0.29, 0.717) is 43.3 Å². The molecule has 0 atom stereocenters. The fourth-order valence-electron chi connectivity index (χ4n) is 4.05. The van der Waals surface area contributed by atoms with Gasteiger partial charge in [0.1, 0.15) is 17.5 Å². The SMILES string of the molecule is Cc1cc(-c2cc(CS(C)(=O)=O)ccc2OC2CCOCC2)n2c1C(=O)NCC2. The van der Waals surface area contributed by atoms with Gasteiger partial charge < -0.3 is 19.4 Å². The number of amides is 1. The lowest BCUT2D eigenvalue weighted by atomic mass is 10.1. The largest absolute Gasteiger partial charge is 0.490 e. The molecule has 7 nitrogen and oxygen atoms in total. The summed E-state index contributed by atoms with van der Waals surface area (Å²) in [5.41, 5.74) is 3.95. The lowest BCUT2D eigenvalue weighted by Gasteiger charge is -2.25. The molecule has 29 heavy (non-hydrogen) atoms. The minimum absolute atomic E-state index is 0.0371. The molecule has 4 rings (SSSR count). The molecule has 0 saturated carbocycles. The van der Waals surface area contributed by atoms with Crippen LogP contribution in [0.2, 0.25) is 0 Å². The van der Waals surface area contributed by atoms with Crippen LogP contribution in [0.15, 0.2) is 24.3 Å². The van der Waals surface area contributed by atoms with Crippen molar-refractivity contribution in [2.24, 2.45) is 0 Å². The molecule has 1 N–H and O–H groups in total. The van der Waals surface area contributed by atoms with Gasteiger partial charge in [-0.2, -0.15) is 0 Å². The van der Waals surface area contributed by atoms with Crippen LogP contribution in [0.4, 0.5) is 0 Å². The molecule has 0 bridgehead atoms. The number of carbonyl (C=O) groups excluding carboxylic acids is 1. The Balaban J connectivity index is 1.79. The Labute approximate surface area is 170 Å². The fourth-order valence-corrected chi connectivity index (χ4v) is 4.84. The molecule has 1 saturated heterocycles. The van der Waals surface area contributed by atoms with Gasteiger partial charge in [0.05, 0.1) is 24.7 Å². The Bertz CT molecular complexity index is 1040. The highest BCUT2D eigenvalue weighted by Gasteiger charge is 2.26. The van der Waals surface area contributed by atoms with Crippen molar-refractivity contribution in [1.29, 1.82) is 0 Å². The van der Waals surface area contributed by atoms with Gasteiger partial charge in [-0.3, -0.25) is 4.79 Å². The monoisotopic (exact) mass is 418 g/mol. The average molecular weight is 419 g/mol. The summed E-state index contributed by atoms with van der Waals surface area (Å²) in [5, 5.41) is 2.88. The molecule has 2 aliphatic rings. The zero-order valence-electron chi connectivity index (χ0n) is 16.7. The smallest absolute Gasteiger partial charge is 0.268 e. The Morgan fingerprint density at radius 1 is 1.24 bits per heavy atom. The Morgan fingerprint density at radius 2 is 2.00 bits per heavy atom. The highest BCUT2D eigenvalue weighted by Crippen LogP contribution is 2.36. The van der Waals surface area contributed by atoms with E-state index in [9.17, 15) is 13.2 Å². The maximum atomic E-state index is 12.4. The molecule has 2 aliphatic heterocycles. The molecule has 8 heteroatoms. The van der Waals surface area contributed by atoms with Crippen molar-refractivity contribution in [3.63, 3.8) is 0 Å². The molecule has 0 spiro atoms. The van der Waals surface area contributed by atoms with Crippen LogP contribution >= 0.6 is 0 Å². The predicted octanol–water partition coefficient (Wildman–Crippen LogP) is 2.31. The number of nitrogens with one attached hydrogen (secondary N) is 1. The Morgan fingerprint density at radius 3 is 2.72 bits per heavy atom. The van der Waals surface area contributed by atoms with Gasteiger partial charge >= 0.3 is 0 Å². The van der Waals surface area contributed by atoms with E-state index >= 15 is 0 Å². The van der Waals surface area contributed by atoms with Crippen molar-refractivity contribution in [3.8, 4) is 17.0 Å². The normalized spacial score (nSPS) is 17.7. The minimum Gasteiger partial charge on any atom is -0.490 e. The average Bonchev–Trinajstić information content (AvgIpc) is 3.00. The van der Waals surface area contributed by atoms with Gasteiger partial charge in [0.15, 0.2) is 9.84 Å². The van der Waals surface area contributed by atoms with Crippen molar-refractivity contribution in [2.75, 3.05) is 26.0 Å². The summed E-state index contributed by atoms with van der Waals surface area (Å²) >= 11 is 0. The first kappa shape index (κ1) is 20.0. The van der Waals surface area contributed by atoms with Crippen LogP contribution in [0.3, 0.4) is 0 Å². The van der Waals surface area contributed by atoms with Gasteiger partial charge in [-0.05, 0) is 36.2 Å². The number of rotatable bonds is 5. The van der Waals surface area contributed by atoms with E-state index in [2.05, 4.69) is 5.32 Å². The van der Waals surface area contributed by atoms with Gasteiger partial charge in [-0.15, -0.1) is 0 Å². The first-order valence-corrected chi connectivity index (χ1v) is 11.9. The van der Waals surface area contributed by atoms with Crippen molar-refractivity contribution < 1.29 is 22.7 Å². The summed E-state index contributed by atoms with van der Waals surface area (Å²) < 4.78 is 37.4.